The van der Waals surface area contributed by atoms with E-state index < -0.39 is 0 Å². The Morgan fingerprint density at radius 3 is 2.75 bits per heavy atom. The Labute approximate surface area is 55.3 Å². The van der Waals surface area contributed by atoms with E-state index in [1.165, 1.54) is 0 Å². The lowest BCUT2D eigenvalue weighted by molar-refractivity contribution is 1.35. The minimum atomic E-state index is 0.644. The topological polar surface area (TPSA) is 39.6 Å². The third-order valence-electron chi connectivity index (χ3n) is 0.817. The van der Waals surface area contributed by atoms with E-state index in [2.05, 4.69) is 20.9 Å². The summed E-state index contributed by atoms with van der Waals surface area (Å²) in [5.74, 6) is 0. The molecule has 0 fully saturated rings. The Hall–Kier alpha value is -0.750. The van der Waals surface area contributed by atoms with E-state index in [0.29, 0.717) is 5.56 Å². The fraction of sp³-hybridized carbons (Fsp3) is 0. The number of nitriles is 1. The van der Waals surface area contributed by atoms with Gasteiger partial charge in [-0.3, -0.25) is 0 Å². The van der Waals surface area contributed by atoms with Gasteiger partial charge in [0.15, 0.2) is 0 Å². The number of aromatic nitrogens is 1. The van der Waals surface area contributed by atoms with Gasteiger partial charge in [-0.2, -0.15) is 5.26 Å². The summed E-state index contributed by atoms with van der Waals surface area (Å²) in [4.78, 5) is 2.81. The SMILES string of the molecule is N#Cc1cc[nH]c1Br. The van der Waals surface area contributed by atoms with Crippen LogP contribution in [-0.4, -0.2) is 4.98 Å². The summed E-state index contributed by atoms with van der Waals surface area (Å²) >= 11 is 3.15. The maximum Gasteiger partial charge on any atom is 0.102 e. The highest BCUT2D eigenvalue weighted by atomic mass is 79.9. The molecule has 0 aliphatic rings. The van der Waals surface area contributed by atoms with E-state index in [-0.39, 0.29) is 0 Å². The molecule has 0 unspecified atom stereocenters. The van der Waals surface area contributed by atoms with Gasteiger partial charge in [-0.1, -0.05) is 0 Å². The molecule has 2 nitrogen and oxygen atoms in total. The molecule has 0 aliphatic heterocycles. The van der Waals surface area contributed by atoms with Crippen LogP contribution in [0.2, 0.25) is 0 Å². The Balaban J connectivity index is 3.15. The van der Waals surface area contributed by atoms with Crippen molar-refractivity contribution in [3.05, 3.63) is 22.4 Å². The van der Waals surface area contributed by atoms with Crippen LogP contribution in [0.4, 0.5) is 0 Å². The van der Waals surface area contributed by atoms with E-state index in [1.807, 2.05) is 6.07 Å². The van der Waals surface area contributed by atoms with Gasteiger partial charge in [0.25, 0.3) is 0 Å². The molecule has 1 aromatic heterocycles. The first-order valence-electron chi connectivity index (χ1n) is 2.07. The van der Waals surface area contributed by atoms with Crippen LogP contribution in [0.25, 0.3) is 0 Å². The van der Waals surface area contributed by atoms with Crippen LogP contribution in [0.3, 0.4) is 0 Å². The molecule has 0 radical (unpaired) electrons. The van der Waals surface area contributed by atoms with Gasteiger partial charge in [0.2, 0.25) is 0 Å². The summed E-state index contributed by atoms with van der Waals surface area (Å²) in [6, 6.07) is 3.71. The van der Waals surface area contributed by atoms with Gasteiger partial charge >= 0.3 is 0 Å². The van der Waals surface area contributed by atoms with Crippen molar-refractivity contribution in [1.29, 1.82) is 5.26 Å². The van der Waals surface area contributed by atoms with Crippen LogP contribution in [0.5, 0.6) is 0 Å². The van der Waals surface area contributed by atoms with Crippen LogP contribution in [0.1, 0.15) is 5.56 Å². The van der Waals surface area contributed by atoms with Crippen LogP contribution in [0.15, 0.2) is 16.9 Å². The molecule has 8 heavy (non-hydrogen) atoms. The van der Waals surface area contributed by atoms with Gasteiger partial charge in [-0.15, -0.1) is 0 Å². The number of hydrogen-bond donors (Lipinski definition) is 1. The summed E-state index contributed by atoms with van der Waals surface area (Å²) in [6.07, 6.45) is 1.71. The van der Waals surface area contributed by atoms with Crippen molar-refractivity contribution in [2.75, 3.05) is 0 Å². The van der Waals surface area contributed by atoms with Gasteiger partial charge in [-0.05, 0) is 22.0 Å². The van der Waals surface area contributed by atoms with E-state index in [9.17, 15) is 0 Å². The second-order valence-corrected chi connectivity index (χ2v) is 2.11. The highest BCUT2D eigenvalue weighted by molar-refractivity contribution is 9.10. The summed E-state index contributed by atoms with van der Waals surface area (Å²) in [7, 11) is 0. The van der Waals surface area contributed by atoms with Crippen molar-refractivity contribution in [3.63, 3.8) is 0 Å². The fourth-order valence-corrected chi connectivity index (χ4v) is 0.788. The Morgan fingerprint density at radius 1 is 1.75 bits per heavy atom. The highest BCUT2D eigenvalue weighted by Crippen LogP contribution is 2.10. The van der Waals surface area contributed by atoms with Crippen molar-refractivity contribution in [2.45, 2.75) is 0 Å². The van der Waals surface area contributed by atoms with Gasteiger partial charge in [0, 0.05) is 6.20 Å². The second kappa shape index (κ2) is 2.01. The molecule has 0 saturated carbocycles. The third-order valence-corrected chi connectivity index (χ3v) is 1.47. The molecule has 0 amide bonds. The first-order chi connectivity index (χ1) is 3.84. The number of nitrogens with zero attached hydrogens (tertiary/aromatic N) is 1. The molecule has 1 N–H and O–H groups in total. The van der Waals surface area contributed by atoms with E-state index in [1.54, 1.807) is 12.3 Å². The average molecular weight is 171 g/mol. The lowest BCUT2D eigenvalue weighted by Crippen LogP contribution is -1.64. The maximum absolute atomic E-state index is 8.31. The van der Waals surface area contributed by atoms with Crippen LogP contribution < -0.4 is 0 Å². The number of nitrogens with one attached hydrogen (secondary N) is 1. The number of aromatic amines is 1. The molecular weight excluding hydrogens is 168 g/mol. The van der Waals surface area contributed by atoms with Crippen LogP contribution in [-0.2, 0) is 0 Å². The van der Waals surface area contributed by atoms with Gasteiger partial charge in [0.05, 0.1) is 10.2 Å². The lowest BCUT2D eigenvalue weighted by Gasteiger charge is -1.76. The molecule has 0 bridgehead atoms. The Morgan fingerprint density at radius 2 is 2.50 bits per heavy atom. The highest BCUT2D eigenvalue weighted by Gasteiger charge is 1.94. The van der Waals surface area contributed by atoms with E-state index in [4.69, 9.17) is 5.26 Å². The standard InChI is InChI=1S/C5H3BrN2/c6-5-4(3-7)1-2-8-5/h1-2,8H. The summed E-state index contributed by atoms with van der Waals surface area (Å²) in [5.41, 5.74) is 0.644. The molecule has 40 valence electrons. The molecular formula is C5H3BrN2. The van der Waals surface area contributed by atoms with Gasteiger partial charge < -0.3 is 4.98 Å². The monoisotopic (exact) mass is 170 g/mol. The molecule has 0 atom stereocenters. The molecule has 0 aliphatic carbocycles. The van der Waals surface area contributed by atoms with Crippen molar-refractivity contribution < 1.29 is 0 Å². The number of rotatable bonds is 0. The minimum Gasteiger partial charge on any atom is -0.355 e. The van der Waals surface area contributed by atoms with Gasteiger partial charge in [-0.25, -0.2) is 0 Å². The zero-order chi connectivity index (χ0) is 5.98. The summed E-state index contributed by atoms with van der Waals surface area (Å²) in [5, 5.41) is 8.31. The quantitative estimate of drug-likeness (QED) is 0.633. The summed E-state index contributed by atoms with van der Waals surface area (Å²) < 4.78 is 0.750. The smallest absolute Gasteiger partial charge is 0.102 e. The second-order valence-electron chi connectivity index (χ2n) is 1.32. The number of H-pyrrole nitrogens is 1. The van der Waals surface area contributed by atoms with Crippen molar-refractivity contribution in [1.82, 2.24) is 4.98 Å². The van der Waals surface area contributed by atoms with Crippen molar-refractivity contribution >= 4 is 15.9 Å². The molecule has 0 aromatic carbocycles. The predicted molar refractivity (Wildman–Crippen MR) is 33.2 cm³/mol. The molecule has 3 heteroatoms. The average Bonchev–Trinajstić information content (AvgIpc) is 2.14. The third kappa shape index (κ3) is 0.749. The number of hydrogen-bond acceptors (Lipinski definition) is 1. The zero-order valence-corrected chi connectivity index (χ0v) is 5.57. The van der Waals surface area contributed by atoms with Crippen LogP contribution >= 0.6 is 15.9 Å². The van der Waals surface area contributed by atoms with Crippen molar-refractivity contribution in [3.8, 4) is 6.07 Å². The zero-order valence-electron chi connectivity index (χ0n) is 3.98. The fourth-order valence-electron chi connectivity index (χ4n) is 0.435. The molecule has 1 rings (SSSR count). The molecule has 1 aromatic rings. The first kappa shape index (κ1) is 5.39. The maximum atomic E-state index is 8.31. The molecule has 0 saturated heterocycles. The normalized spacial score (nSPS) is 8.50. The van der Waals surface area contributed by atoms with E-state index in [0.717, 1.165) is 4.60 Å². The predicted octanol–water partition coefficient (Wildman–Crippen LogP) is 1.65. The minimum absolute atomic E-state index is 0.644. The first-order valence-corrected chi connectivity index (χ1v) is 2.87. The van der Waals surface area contributed by atoms with Crippen LogP contribution in [0, 0.1) is 11.3 Å². The molecule has 0 spiro atoms. The van der Waals surface area contributed by atoms with Crippen molar-refractivity contribution in [2.24, 2.45) is 0 Å². The van der Waals surface area contributed by atoms with E-state index >= 15 is 0 Å². The molecule has 1 heterocycles. The summed E-state index contributed by atoms with van der Waals surface area (Å²) in [6.45, 7) is 0. The largest absolute Gasteiger partial charge is 0.355 e. The van der Waals surface area contributed by atoms with Gasteiger partial charge in [0.1, 0.15) is 6.07 Å². The Bertz CT molecular complexity index is 221. The lowest BCUT2D eigenvalue weighted by atomic mass is 10.4. The number of halogens is 1. The Kier molecular flexibility index (Phi) is 1.36.